The van der Waals surface area contributed by atoms with E-state index in [0.29, 0.717) is 40.7 Å². The van der Waals surface area contributed by atoms with Gasteiger partial charge in [0.05, 0.1) is 17.3 Å². The summed E-state index contributed by atoms with van der Waals surface area (Å²) in [5, 5.41) is 20.8. The lowest BCUT2D eigenvalue weighted by Crippen LogP contribution is -2.27. The van der Waals surface area contributed by atoms with E-state index in [2.05, 4.69) is 0 Å². The van der Waals surface area contributed by atoms with Gasteiger partial charge in [-0.25, -0.2) is 21.9 Å². The van der Waals surface area contributed by atoms with Crippen LogP contribution < -0.4 is 0 Å². The van der Waals surface area contributed by atoms with Crippen LogP contribution in [-0.4, -0.2) is 52.8 Å². The molecule has 2 N–H and O–H groups in total. The molecule has 0 aliphatic carbocycles. The summed E-state index contributed by atoms with van der Waals surface area (Å²) < 4.78 is 41.7. The summed E-state index contributed by atoms with van der Waals surface area (Å²) in [6.07, 6.45) is 1.74. The van der Waals surface area contributed by atoms with Gasteiger partial charge >= 0.3 is 5.97 Å². The molecule has 180 valence electrons. The molecule has 9 heteroatoms. The number of fused-ring (bicyclic) bond motifs is 1. The molecule has 4 aromatic rings. The minimum atomic E-state index is -3.40. The van der Waals surface area contributed by atoms with Gasteiger partial charge in [-0.3, -0.25) is 0 Å². The number of benzene rings is 3. The zero-order valence-corrected chi connectivity index (χ0v) is 19.7. The van der Waals surface area contributed by atoms with Crippen LogP contribution in [0.25, 0.3) is 27.7 Å². The first-order valence-electron chi connectivity index (χ1n) is 11.1. The Labute approximate surface area is 201 Å². The summed E-state index contributed by atoms with van der Waals surface area (Å²) in [6.45, 7) is 0.620. The van der Waals surface area contributed by atoms with Crippen LogP contribution in [0.5, 0.6) is 5.75 Å². The van der Waals surface area contributed by atoms with Crippen molar-refractivity contribution in [1.29, 1.82) is 0 Å². The number of nitrogens with zero attached hydrogens (tertiary/aromatic N) is 2. The lowest BCUT2D eigenvalue weighted by molar-refractivity contribution is 0.0697. The Balaban J connectivity index is 1.83. The highest BCUT2D eigenvalue weighted by atomic mass is 32.2. The molecule has 0 radical (unpaired) electrons. The summed E-state index contributed by atoms with van der Waals surface area (Å²) in [4.78, 5) is 11.4. The molecular formula is C26H23FN2O5S. The Morgan fingerprint density at radius 3 is 2.31 bits per heavy atom. The number of sulfonamides is 1. The maximum absolute atomic E-state index is 13.8. The Morgan fingerprint density at radius 2 is 1.71 bits per heavy atom. The van der Waals surface area contributed by atoms with E-state index in [1.165, 1.54) is 34.8 Å². The Kier molecular flexibility index (Phi) is 5.61. The highest BCUT2D eigenvalue weighted by molar-refractivity contribution is 7.88. The highest BCUT2D eigenvalue weighted by Crippen LogP contribution is 2.46. The zero-order valence-electron chi connectivity index (χ0n) is 18.8. The zero-order chi connectivity index (χ0) is 24.9. The fraction of sp³-hybridized carbons (Fsp3) is 0.192. The summed E-state index contributed by atoms with van der Waals surface area (Å²) in [5.74, 6) is -1.60. The van der Waals surface area contributed by atoms with E-state index in [1.807, 2.05) is 10.6 Å². The van der Waals surface area contributed by atoms with Crippen molar-refractivity contribution >= 4 is 26.9 Å². The van der Waals surface area contributed by atoms with Crippen LogP contribution in [0.3, 0.4) is 0 Å². The van der Waals surface area contributed by atoms with E-state index in [-0.39, 0.29) is 29.6 Å². The molecule has 2 heterocycles. The Hall–Kier alpha value is -3.69. The number of aromatic carboxylic acids is 1. The standard InChI is InChI=1S/C26H23FN2O5S/c1-35(33,34)28-14-13-18(15-28)25-23(16-5-7-17(8-6-16)26(31)32)24-21(3-2-4-22(24)30)29(25)20-11-9-19(27)10-12-20/h2-12,18,30H,13-15H2,1H3,(H,31,32). The van der Waals surface area contributed by atoms with Crippen molar-refractivity contribution in [3.05, 3.63) is 83.8 Å². The predicted molar refractivity (Wildman–Crippen MR) is 131 cm³/mol. The summed E-state index contributed by atoms with van der Waals surface area (Å²) in [5.41, 5.74) is 3.65. The Bertz CT molecular complexity index is 1540. The molecule has 5 rings (SSSR count). The average molecular weight is 495 g/mol. The largest absolute Gasteiger partial charge is 0.507 e. The second-order valence-electron chi connectivity index (χ2n) is 8.73. The van der Waals surface area contributed by atoms with Gasteiger partial charge < -0.3 is 14.8 Å². The number of carboxylic acid groups (broad SMARTS) is 1. The maximum atomic E-state index is 13.8. The molecule has 7 nitrogen and oxygen atoms in total. The highest BCUT2D eigenvalue weighted by Gasteiger charge is 2.35. The smallest absolute Gasteiger partial charge is 0.335 e. The molecule has 1 aromatic heterocycles. The van der Waals surface area contributed by atoms with Crippen LogP contribution >= 0.6 is 0 Å². The average Bonchev–Trinajstić information content (AvgIpc) is 3.43. The molecule has 1 unspecified atom stereocenters. The fourth-order valence-electron chi connectivity index (χ4n) is 4.92. The van der Waals surface area contributed by atoms with Gasteiger partial charge in [0.1, 0.15) is 11.6 Å². The van der Waals surface area contributed by atoms with Crippen molar-refractivity contribution in [1.82, 2.24) is 8.87 Å². The molecule has 1 atom stereocenters. The third kappa shape index (κ3) is 4.06. The summed E-state index contributed by atoms with van der Waals surface area (Å²) in [6, 6.07) is 17.5. The first-order chi connectivity index (χ1) is 16.6. The van der Waals surface area contributed by atoms with E-state index in [0.717, 1.165) is 5.69 Å². The lowest BCUT2D eigenvalue weighted by atomic mass is 9.93. The molecule has 0 spiro atoms. The number of phenolic OH excluding ortho intramolecular Hbond substituents is 1. The summed E-state index contributed by atoms with van der Waals surface area (Å²) >= 11 is 0. The molecular weight excluding hydrogens is 471 g/mol. The lowest BCUT2D eigenvalue weighted by Gasteiger charge is -2.19. The van der Waals surface area contributed by atoms with Crippen molar-refractivity contribution in [3.63, 3.8) is 0 Å². The molecule has 1 saturated heterocycles. The number of carboxylic acids is 1. The minimum Gasteiger partial charge on any atom is -0.507 e. The predicted octanol–water partition coefficient (Wildman–Crippen LogP) is 4.59. The number of aromatic hydroxyl groups is 1. The minimum absolute atomic E-state index is 0.0416. The molecule has 1 aliphatic rings. The van der Waals surface area contributed by atoms with E-state index in [1.54, 1.807) is 36.4 Å². The third-order valence-corrected chi connectivity index (χ3v) is 7.79. The Morgan fingerprint density at radius 1 is 1.03 bits per heavy atom. The molecule has 1 fully saturated rings. The van der Waals surface area contributed by atoms with Crippen molar-refractivity contribution in [2.45, 2.75) is 12.3 Å². The monoisotopic (exact) mass is 494 g/mol. The second-order valence-corrected chi connectivity index (χ2v) is 10.7. The fourth-order valence-corrected chi connectivity index (χ4v) is 5.81. The van der Waals surface area contributed by atoms with Gasteiger partial charge in [0.2, 0.25) is 10.0 Å². The number of hydrogen-bond donors (Lipinski definition) is 2. The van der Waals surface area contributed by atoms with E-state index in [9.17, 15) is 27.8 Å². The van der Waals surface area contributed by atoms with Gasteiger partial charge in [-0.15, -0.1) is 0 Å². The second kappa shape index (κ2) is 8.51. The number of phenols is 1. The van der Waals surface area contributed by atoms with Gasteiger partial charge in [0.25, 0.3) is 0 Å². The SMILES string of the molecule is CS(=O)(=O)N1CCC(c2c(-c3ccc(C(=O)O)cc3)c3c(O)cccc3n2-c2ccc(F)cc2)C1. The van der Waals surface area contributed by atoms with Crippen molar-refractivity contribution in [2.75, 3.05) is 19.3 Å². The van der Waals surface area contributed by atoms with Crippen molar-refractivity contribution < 1.29 is 27.8 Å². The first kappa shape index (κ1) is 23.1. The normalized spacial score (nSPS) is 16.7. The number of aromatic nitrogens is 1. The quantitative estimate of drug-likeness (QED) is 0.423. The molecule has 0 saturated carbocycles. The van der Waals surface area contributed by atoms with Gasteiger partial charge in [-0.1, -0.05) is 18.2 Å². The van der Waals surface area contributed by atoms with Crippen molar-refractivity contribution in [2.24, 2.45) is 0 Å². The van der Waals surface area contributed by atoms with Crippen LogP contribution in [0.2, 0.25) is 0 Å². The topological polar surface area (TPSA) is 99.8 Å². The molecule has 3 aromatic carbocycles. The van der Waals surface area contributed by atoms with E-state index in [4.69, 9.17) is 0 Å². The van der Waals surface area contributed by atoms with E-state index >= 15 is 0 Å². The molecule has 35 heavy (non-hydrogen) atoms. The molecule has 0 amide bonds. The number of rotatable bonds is 5. The number of hydrogen-bond acceptors (Lipinski definition) is 4. The van der Waals surface area contributed by atoms with E-state index < -0.39 is 16.0 Å². The van der Waals surface area contributed by atoms with Crippen LogP contribution in [0.4, 0.5) is 4.39 Å². The maximum Gasteiger partial charge on any atom is 0.335 e. The van der Waals surface area contributed by atoms with Gasteiger partial charge in [0, 0.05) is 41.3 Å². The number of carbonyl (C=O) groups is 1. The van der Waals surface area contributed by atoms with Gasteiger partial charge in [-0.2, -0.15) is 0 Å². The van der Waals surface area contributed by atoms with Crippen LogP contribution in [0, 0.1) is 5.82 Å². The van der Waals surface area contributed by atoms with Gasteiger partial charge in [0.15, 0.2) is 0 Å². The summed E-state index contributed by atoms with van der Waals surface area (Å²) in [7, 11) is -3.40. The van der Waals surface area contributed by atoms with Crippen LogP contribution in [0.15, 0.2) is 66.7 Å². The van der Waals surface area contributed by atoms with Gasteiger partial charge in [-0.05, 0) is 60.5 Å². The van der Waals surface area contributed by atoms with Crippen LogP contribution in [-0.2, 0) is 10.0 Å². The van der Waals surface area contributed by atoms with Crippen LogP contribution in [0.1, 0.15) is 28.4 Å². The third-order valence-electron chi connectivity index (χ3n) is 6.52. The molecule has 0 bridgehead atoms. The number of halogens is 1. The molecule has 1 aliphatic heterocycles. The first-order valence-corrected chi connectivity index (χ1v) is 12.9. The van der Waals surface area contributed by atoms with Crippen molar-refractivity contribution in [3.8, 4) is 22.6 Å².